The van der Waals surface area contributed by atoms with Gasteiger partial charge >= 0.3 is 47.8 Å². The lowest BCUT2D eigenvalue weighted by atomic mass is 9.93. The van der Waals surface area contributed by atoms with Gasteiger partial charge in [-0.15, -0.1) is 0 Å². The van der Waals surface area contributed by atoms with E-state index in [-0.39, 0.29) is 12.1 Å². The van der Waals surface area contributed by atoms with Crippen molar-refractivity contribution in [3.63, 3.8) is 0 Å². The van der Waals surface area contributed by atoms with E-state index in [1.165, 1.54) is 0 Å². The average Bonchev–Trinajstić information content (AvgIpc) is 2.75. The molecule has 17 nitrogen and oxygen atoms in total. The molecule has 0 bridgehead atoms. The van der Waals surface area contributed by atoms with Crippen molar-refractivity contribution >= 4 is 47.8 Å². The maximum Gasteiger partial charge on any atom is 0.340 e. The molecule has 2 aromatic carbocycles. The number of rotatable bonds is 10. The molecular weight excluding hydrogens is 512 g/mol. The summed E-state index contributed by atoms with van der Waals surface area (Å²) in [7, 11) is 0. The minimum absolute atomic E-state index is 0.166. The SMILES string of the molecule is O=C(O)c1cc(Oc2cc(C(=O)O)c(C(=O)O)c(C(=O)O)c2C(=O)O)c(C(=O)O)c(C(=O)O)c1C(=O)O. The molecule has 0 spiro atoms. The molecule has 8 N–H and O–H groups in total. The van der Waals surface area contributed by atoms with Gasteiger partial charge in [0.2, 0.25) is 0 Å². The van der Waals surface area contributed by atoms with E-state index >= 15 is 0 Å². The van der Waals surface area contributed by atoms with E-state index in [2.05, 4.69) is 0 Å². The van der Waals surface area contributed by atoms with Crippen LogP contribution >= 0.6 is 0 Å². The highest BCUT2D eigenvalue weighted by atomic mass is 16.5. The second-order valence-electron chi connectivity index (χ2n) is 6.64. The van der Waals surface area contributed by atoms with Crippen molar-refractivity contribution in [2.45, 2.75) is 0 Å². The van der Waals surface area contributed by atoms with Gasteiger partial charge in [0.1, 0.15) is 22.6 Å². The zero-order chi connectivity index (χ0) is 28.5. The smallest absolute Gasteiger partial charge is 0.340 e. The van der Waals surface area contributed by atoms with Gasteiger partial charge in [-0.2, -0.15) is 0 Å². The molecule has 37 heavy (non-hydrogen) atoms. The summed E-state index contributed by atoms with van der Waals surface area (Å²) in [5, 5.41) is 75.2. The van der Waals surface area contributed by atoms with Crippen LogP contribution in [0.25, 0.3) is 0 Å². The van der Waals surface area contributed by atoms with Gasteiger partial charge in [-0.3, -0.25) is 0 Å². The highest BCUT2D eigenvalue weighted by molar-refractivity contribution is 6.16. The van der Waals surface area contributed by atoms with Crippen LogP contribution in [0.1, 0.15) is 82.9 Å². The highest BCUT2D eigenvalue weighted by Gasteiger charge is 2.37. The van der Waals surface area contributed by atoms with Gasteiger partial charge in [0.25, 0.3) is 0 Å². The Morgan fingerprint density at radius 1 is 0.378 bits per heavy atom. The summed E-state index contributed by atoms with van der Waals surface area (Å²) in [5.74, 6) is -20.3. The summed E-state index contributed by atoms with van der Waals surface area (Å²) < 4.78 is 5.00. The quantitative estimate of drug-likeness (QED) is 0.216. The van der Waals surface area contributed by atoms with E-state index in [1.54, 1.807) is 0 Å². The Bertz CT molecular complexity index is 1350. The summed E-state index contributed by atoms with van der Waals surface area (Å²) >= 11 is 0. The Balaban J connectivity index is 3.18. The van der Waals surface area contributed by atoms with Crippen LogP contribution in [-0.4, -0.2) is 88.6 Å². The van der Waals surface area contributed by atoms with Crippen molar-refractivity contribution in [1.82, 2.24) is 0 Å². The van der Waals surface area contributed by atoms with Gasteiger partial charge < -0.3 is 45.6 Å². The fraction of sp³-hybridized carbons (Fsp3) is 0. The van der Waals surface area contributed by atoms with Crippen LogP contribution in [0.4, 0.5) is 0 Å². The summed E-state index contributed by atoms with van der Waals surface area (Å²) in [6.07, 6.45) is 0. The third kappa shape index (κ3) is 4.80. The molecule has 0 aliphatic heterocycles. The maximum atomic E-state index is 11.8. The van der Waals surface area contributed by atoms with Crippen molar-refractivity contribution in [1.29, 1.82) is 0 Å². The van der Waals surface area contributed by atoms with Gasteiger partial charge in [-0.1, -0.05) is 0 Å². The minimum Gasteiger partial charge on any atom is -0.478 e. The first-order valence-corrected chi connectivity index (χ1v) is 8.98. The Labute approximate surface area is 200 Å². The van der Waals surface area contributed by atoms with Crippen LogP contribution in [0, 0.1) is 0 Å². The van der Waals surface area contributed by atoms with Crippen LogP contribution in [-0.2, 0) is 0 Å². The van der Waals surface area contributed by atoms with E-state index in [9.17, 15) is 79.2 Å². The number of carbonyl (C=O) groups is 8. The summed E-state index contributed by atoms with van der Waals surface area (Å²) in [4.78, 5) is 93.4. The van der Waals surface area contributed by atoms with E-state index in [0.29, 0.717) is 0 Å². The first-order chi connectivity index (χ1) is 17.0. The molecular formula is C20H10O17. The van der Waals surface area contributed by atoms with Crippen molar-refractivity contribution in [3.05, 3.63) is 56.6 Å². The molecule has 0 atom stereocenters. The van der Waals surface area contributed by atoms with Crippen molar-refractivity contribution in [2.75, 3.05) is 0 Å². The largest absolute Gasteiger partial charge is 0.478 e. The normalized spacial score (nSPS) is 10.3. The second-order valence-corrected chi connectivity index (χ2v) is 6.64. The van der Waals surface area contributed by atoms with Crippen molar-refractivity contribution in [3.8, 4) is 11.5 Å². The van der Waals surface area contributed by atoms with Crippen molar-refractivity contribution < 1.29 is 83.9 Å². The molecule has 0 radical (unpaired) electrons. The Morgan fingerprint density at radius 2 is 0.622 bits per heavy atom. The molecule has 2 rings (SSSR count). The molecule has 0 aromatic heterocycles. The number of aromatic carboxylic acids is 8. The predicted molar refractivity (Wildman–Crippen MR) is 109 cm³/mol. The molecule has 192 valence electrons. The first kappa shape index (κ1) is 27.2. The second kappa shape index (κ2) is 9.70. The fourth-order valence-corrected chi connectivity index (χ4v) is 3.23. The Morgan fingerprint density at radius 3 is 0.811 bits per heavy atom. The topological polar surface area (TPSA) is 308 Å². The van der Waals surface area contributed by atoms with Crippen molar-refractivity contribution in [2.24, 2.45) is 0 Å². The lowest BCUT2D eigenvalue weighted by molar-refractivity contribution is 0.0614. The number of benzene rings is 2. The molecule has 0 aliphatic carbocycles. The molecule has 2 aromatic rings. The van der Waals surface area contributed by atoms with Crippen LogP contribution in [0.15, 0.2) is 12.1 Å². The first-order valence-electron chi connectivity index (χ1n) is 8.98. The maximum absolute atomic E-state index is 11.8. The van der Waals surface area contributed by atoms with Crippen LogP contribution in [0.3, 0.4) is 0 Å². The van der Waals surface area contributed by atoms with E-state index in [0.717, 1.165) is 0 Å². The lowest BCUT2D eigenvalue weighted by Crippen LogP contribution is -2.22. The summed E-state index contributed by atoms with van der Waals surface area (Å²) in [5.41, 5.74) is -12.1. The van der Waals surface area contributed by atoms with Crippen LogP contribution < -0.4 is 4.74 Å². The van der Waals surface area contributed by atoms with E-state index < -0.39 is 104 Å². The van der Waals surface area contributed by atoms with E-state index in [1.807, 2.05) is 0 Å². The number of hydrogen-bond acceptors (Lipinski definition) is 9. The van der Waals surface area contributed by atoms with Gasteiger partial charge in [-0.05, 0) is 12.1 Å². The Kier molecular flexibility index (Phi) is 7.14. The van der Waals surface area contributed by atoms with Crippen LogP contribution in [0.5, 0.6) is 11.5 Å². The van der Waals surface area contributed by atoms with Gasteiger partial charge in [0.05, 0.1) is 33.4 Å². The Hall–Kier alpha value is -6.00. The number of ether oxygens (including phenoxy) is 1. The van der Waals surface area contributed by atoms with Gasteiger partial charge in [-0.25, -0.2) is 38.4 Å². The molecule has 17 heteroatoms. The monoisotopic (exact) mass is 522 g/mol. The minimum atomic E-state index is -2.28. The van der Waals surface area contributed by atoms with Crippen LogP contribution in [0.2, 0.25) is 0 Å². The third-order valence-electron chi connectivity index (χ3n) is 4.55. The average molecular weight is 522 g/mol. The molecule has 0 unspecified atom stereocenters. The van der Waals surface area contributed by atoms with E-state index in [4.69, 9.17) is 4.74 Å². The number of carboxylic acids is 8. The number of carboxylic acid groups (broad SMARTS) is 8. The lowest BCUT2D eigenvalue weighted by Gasteiger charge is -2.18. The molecule has 0 amide bonds. The predicted octanol–water partition coefficient (Wildman–Crippen LogP) is 1.06. The molecule has 0 saturated carbocycles. The third-order valence-corrected chi connectivity index (χ3v) is 4.55. The molecule has 0 aliphatic rings. The zero-order valence-electron chi connectivity index (χ0n) is 17.4. The number of hydrogen-bond donors (Lipinski definition) is 8. The fourth-order valence-electron chi connectivity index (χ4n) is 3.23. The molecule has 0 saturated heterocycles. The molecule has 0 heterocycles. The van der Waals surface area contributed by atoms with Gasteiger partial charge in [0.15, 0.2) is 0 Å². The highest BCUT2D eigenvalue weighted by Crippen LogP contribution is 2.37. The molecule has 0 fully saturated rings. The van der Waals surface area contributed by atoms with Gasteiger partial charge in [0, 0.05) is 0 Å². The zero-order valence-corrected chi connectivity index (χ0v) is 17.4. The summed E-state index contributed by atoms with van der Waals surface area (Å²) in [6, 6.07) is 0.332. The standard InChI is InChI=1S/C20H10O17/c21-13(22)3-1-5(9(17(29)30)11(19(33)34)7(3)15(25)26)37-6-2-4(14(23)24)8(16(27)28)12(20(35)36)10(6)18(31)32/h1-2H,(H,21,22)(H,23,24)(H,25,26)(H,27,28)(H,29,30)(H,31,32)(H,33,34)(H,35,36). The summed E-state index contributed by atoms with van der Waals surface area (Å²) in [6.45, 7) is 0.